The van der Waals surface area contributed by atoms with Crippen LogP contribution < -0.4 is 9.47 Å². The second-order valence-electron chi connectivity index (χ2n) is 6.66. The number of amides is 1. The molecule has 0 unspecified atom stereocenters. The lowest BCUT2D eigenvalue weighted by atomic mass is 9.98. The maximum absolute atomic E-state index is 12.9. The third kappa shape index (κ3) is 4.00. The van der Waals surface area contributed by atoms with E-state index in [4.69, 9.17) is 14.0 Å². The van der Waals surface area contributed by atoms with Gasteiger partial charge < -0.3 is 18.9 Å². The summed E-state index contributed by atoms with van der Waals surface area (Å²) in [4.78, 5) is 14.8. The van der Waals surface area contributed by atoms with Crippen molar-refractivity contribution in [2.45, 2.75) is 33.1 Å². The summed E-state index contributed by atoms with van der Waals surface area (Å²) >= 11 is 0. The first kappa shape index (κ1) is 18.3. The van der Waals surface area contributed by atoms with Gasteiger partial charge in [-0.1, -0.05) is 18.1 Å². The van der Waals surface area contributed by atoms with Crippen LogP contribution in [0.2, 0.25) is 0 Å². The predicted octanol–water partition coefficient (Wildman–Crippen LogP) is 3.49. The average Bonchev–Trinajstić information content (AvgIpc) is 3.06. The monoisotopic (exact) mass is 358 g/mol. The maximum Gasteiger partial charge on any atom is 0.259 e. The van der Waals surface area contributed by atoms with E-state index < -0.39 is 0 Å². The molecule has 0 aliphatic carbocycles. The Balaban J connectivity index is 1.62. The van der Waals surface area contributed by atoms with Crippen LogP contribution in [0.15, 0.2) is 28.8 Å². The van der Waals surface area contributed by atoms with Crippen LogP contribution >= 0.6 is 0 Å². The number of nitrogens with zero attached hydrogens (tertiary/aromatic N) is 2. The summed E-state index contributed by atoms with van der Waals surface area (Å²) < 4.78 is 16.4. The molecular formula is C20H26N2O4. The normalized spacial score (nSPS) is 17.2. The number of aryl methyl sites for hydroxylation is 2. The summed E-state index contributed by atoms with van der Waals surface area (Å²) in [5.74, 6) is 2.49. The fourth-order valence-corrected chi connectivity index (χ4v) is 3.38. The molecule has 0 N–H and O–H groups in total. The van der Waals surface area contributed by atoms with E-state index >= 15 is 0 Å². The highest BCUT2D eigenvalue weighted by Crippen LogP contribution is 2.24. The highest BCUT2D eigenvalue weighted by atomic mass is 16.5. The van der Waals surface area contributed by atoms with Crippen LogP contribution in [0.4, 0.5) is 0 Å². The van der Waals surface area contributed by atoms with E-state index in [9.17, 15) is 4.79 Å². The summed E-state index contributed by atoms with van der Waals surface area (Å²) in [5, 5.41) is 4.00. The van der Waals surface area contributed by atoms with Gasteiger partial charge >= 0.3 is 0 Å². The number of methoxy groups -OCH3 is 1. The second-order valence-corrected chi connectivity index (χ2v) is 6.66. The number of hydrogen-bond donors (Lipinski definition) is 0. The highest BCUT2D eigenvalue weighted by molar-refractivity contribution is 5.96. The molecule has 1 aliphatic heterocycles. The van der Waals surface area contributed by atoms with Crippen molar-refractivity contribution in [2.24, 2.45) is 5.92 Å². The zero-order valence-corrected chi connectivity index (χ0v) is 15.7. The average molecular weight is 358 g/mol. The molecule has 0 bridgehead atoms. The van der Waals surface area contributed by atoms with Gasteiger partial charge in [0, 0.05) is 25.1 Å². The lowest BCUT2D eigenvalue weighted by molar-refractivity contribution is 0.0630. The molecule has 26 heavy (non-hydrogen) atoms. The van der Waals surface area contributed by atoms with Crippen LogP contribution in [0.3, 0.4) is 0 Å². The Morgan fingerprint density at radius 1 is 1.38 bits per heavy atom. The number of likely N-dealkylation sites (tertiary alicyclic amines) is 1. The lowest BCUT2D eigenvalue weighted by Crippen LogP contribution is -2.42. The summed E-state index contributed by atoms with van der Waals surface area (Å²) in [6.45, 7) is 5.82. The molecule has 0 radical (unpaired) electrons. The maximum atomic E-state index is 12.9. The van der Waals surface area contributed by atoms with E-state index in [-0.39, 0.29) is 5.91 Å². The zero-order valence-electron chi connectivity index (χ0n) is 15.7. The van der Waals surface area contributed by atoms with Crippen molar-refractivity contribution in [3.8, 4) is 11.5 Å². The number of carbonyl (C=O) groups excluding carboxylic acids is 1. The molecule has 3 rings (SSSR count). The van der Waals surface area contributed by atoms with Gasteiger partial charge in [0.1, 0.15) is 22.8 Å². The van der Waals surface area contributed by atoms with Crippen molar-refractivity contribution >= 4 is 5.91 Å². The van der Waals surface area contributed by atoms with Crippen LogP contribution in [-0.2, 0) is 6.42 Å². The van der Waals surface area contributed by atoms with Crippen molar-refractivity contribution in [3.63, 3.8) is 0 Å². The molecule has 1 saturated heterocycles. The largest absolute Gasteiger partial charge is 0.497 e. The molecule has 1 amide bonds. The topological polar surface area (TPSA) is 64.8 Å². The number of benzene rings is 1. The SMILES string of the molecule is CCc1noc(C)c1C(=O)N1CCC[C@H](COc2cccc(OC)c2)C1. The molecule has 1 aromatic heterocycles. The Hall–Kier alpha value is -2.50. The first-order chi connectivity index (χ1) is 12.6. The van der Waals surface area contributed by atoms with Crippen molar-refractivity contribution < 1.29 is 18.8 Å². The molecule has 1 fully saturated rings. The van der Waals surface area contributed by atoms with Crippen LogP contribution in [0.25, 0.3) is 0 Å². The fourth-order valence-electron chi connectivity index (χ4n) is 3.38. The molecule has 1 aromatic carbocycles. The van der Waals surface area contributed by atoms with Gasteiger partial charge in [-0.2, -0.15) is 0 Å². The smallest absolute Gasteiger partial charge is 0.259 e. The van der Waals surface area contributed by atoms with Gasteiger partial charge in [0.2, 0.25) is 0 Å². The minimum Gasteiger partial charge on any atom is -0.497 e. The van der Waals surface area contributed by atoms with E-state index in [2.05, 4.69) is 5.16 Å². The molecular weight excluding hydrogens is 332 g/mol. The number of hydrogen-bond acceptors (Lipinski definition) is 5. The van der Waals surface area contributed by atoms with E-state index in [1.807, 2.05) is 36.1 Å². The summed E-state index contributed by atoms with van der Waals surface area (Å²) in [7, 11) is 1.64. The number of piperidine rings is 1. The van der Waals surface area contributed by atoms with Gasteiger partial charge in [-0.25, -0.2) is 0 Å². The van der Waals surface area contributed by atoms with Gasteiger partial charge in [0.05, 0.1) is 19.4 Å². The van der Waals surface area contributed by atoms with Crippen molar-refractivity contribution in [3.05, 3.63) is 41.3 Å². The highest BCUT2D eigenvalue weighted by Gasteiger charge is 2.29. The summed E-state index contributed by atoms with van der Waals surface area (Å²) in [6, 6.07) is 7.59. The molecule has 1 atom stereocenters. The van der Waals surface area contributed by atoms with Gasteiger partial charge in [-0.15, -0.1) is 0 Å². The minimum absolute atomic E-state index is 0.0201. The van der Waals surface area contributed by atoms with Crippen LogP contribution in [-0.4, -0.2) is 42.8 Å². The Labute approximate surface area is 154 Å². The quantitative estimate of drug-likeness (QED) is 0.791. The molecule has 6 nitrogen and oxygen atoms in total. The van der Waals surface area contributed by atoms with E-state index in [1.165, 1.54) is 0 Å². The molecule has 2 heterocycles. The number of ether oxygens (including phenoxy) is 2. The van der Waals surface area contributed by atoms with Crippen molar-refractivity contribution in [2.75, 3.05) is 26.8 Å². The van der Waals surface area contributed by atoms with Gasteiger partial charge in [0.15, 0.2) is 0 Å². The number of rotatable bonds is 6. The standard InChI is InChI=1S/C20H26N2O4/c1-4-18-19(14(2)26-21-18)20(23)22-10-6-7-15(12-22)13-25-17-9-5-8-16(11-17)24-3/h5,8-9,11,15H,4,6-7,10,12-13H2,1-3H3/t15-/m0/s1. The van der Waals surface area contributed by atoms with Crippen molar-refractivity contribution in [1.82, 2.24) is 10.1 Å². The Morgan fingerprint density at radius 3 is 2.96 bits per heavy atom. The lowest BCUT2D eigenvalue weighted by Gasteiger charge is -2.32. The molecule has 1 aliphatic rings. The third-order valence-corrected chi connectivity index (χ3v) is 4.82. The van der Waals surface area contributed by atoms with E-state index in [1.54, 1.807) is 14.0 Å². The molecule has 0 saturated carbocycles. The summed E-state index contributed by atoms with van der Waals surface area (Å²) in [5.41, 5.74) is 1.36. The van der Waals surface area contributed by atoms with E-state index in [0.717, 1.165) is 36.6 Å². The van der Waals surface area contributed by atoms with Crippen molar-refractivity contribution in [1.29, 1.82) is 0 Å². The Morgan fingerprint density at radius 2 is 2.19 bits per heavy atom. The van der Waals surface area contributed by atoms with Gasteiger partial charge in [-0.05, 0) is 38.3 Å². The third-order valence-electron chi connectivity index (χ3n) is 4.82. The molecule has 6 heteroatoms. The van der Waals surface area contributed by atoms with Crippen LogP contribution in [0.5, 0.6) is 11.5 Å². The second kappa shape index (κ2) is 8.25. The molecule has 0 spiro atoms. The van der Waals surface area contributed by atoms with Gasteiger partial charge in [0.25, 0.3) is 5.91 Å². The van der Waals surface area contributed by atoms with Crippen LogP contribution in [0, 0.1) is 12.8 Å². The van der Waals surface area contributed by atoms with E-state index in [0.29, 0.717) is 36.8 Å². The van der Waals surface area contributed by atoms with Crippen LogP contribution in [0.1, 0.15) is 41.6 Å². The Bertz CT molecular complexity index is 756. The Kier molecular flexibility index (Phi) is 5.81. The summed E-state index contributed by atoms with van der Waals surface area (Å²) in [6.07, 6.45) is 2.72. The first-order valence-corrected chi connectivity index (χ1v) is 9.13. The fraction of sp³-hybridized carbons (Fsp3) is 0.500. The zero-order chi connectivity index (χ0) is 18.5. The minimum atomic E-state index is 0.0201. The van der Waals surface area contributed by atoms with Gasteiger partial charge in [-0.3, -0.25) is 4.79 Å². The first-order valence-electron chi connectivity index (χ1n) is 9.13. The predicted molar refractivity (Wildman–Crippen MR) is 97.7 cm³/mol. The number of carbonyl (C=O) groups is 1. The molecule has 2 aromatic rings. The molecule has 140 valence electrons. The number of aromatic nitrogens is 1.